The second kappa shape index (κ2) is 14.6. The van der Waals surface area contributed by atoms with Gasteiger partial charge in [0.2, 0.25) is 11.8 Å². The van der Waals surface area contributed by atoms with Gasteiger partial charge in [0.25, 0.3) is 0 Å². The summed E-state index contributed by atoms with van der Waals surface area (Å²) in [6.45, 7) is 5.08. The van der Waals surface area contributed by atoms with Gasteiger partial charge in [-0.25, -0.2) is 0 Å². The lowest BCUT2D eigenvalue weighted by Gasteiger charge is -2.32. The normalized spacial score (nSPS) is 11.8. The zero-order valence-corrected chi connectivity index (χ0v) is 24.6. The molecule has 190 valence electrons. The van der Waals surface area contributed by atoms with Crippen molar-refractivity contribution in [1.82, 2.24) is 10.2 Å². The van der Waals surface area contributed by atoms with Crippen molar-refractivity contribution in [3.8, 4) is 0 Å². The number of thioether (sulfide) groups is 1. The predicted molar refractivity (Wildman–Crippen MR) is 157 cm³/mol. The van der Waals surface area contributed by atoms with Crippen LogP contribution in [0.15, 0.2) is 87.8 Å². The summed E-state index contributed by atoms with van der Waals surface area (Å²) in [6, 6.07) is 25.3. The molecule has 3 aromatic carbocycles. The lowest BCUT2D eigenvalue weighted by atomic mass is 10.0. The topological polar surface area (TPSA) is 49.4 Å². The fourth-order valence-corrected chi connectivity index (χ4v) is 5.08. The van der Waals surface area contributed by atoms with Gasteiger partial charge in [0.1, 0.15) is 6.04 Å². The van der Waals surface area contributed by atoms with Crippen molar-refractivity contribution in [1.29, 1.82) is 0 Å². The molecule has 2 amide bonds. The van der Waals surface area contributed by atoms with Crippen LogP contribution in [0.4, 0.5) is 0 Å². The molecule has 4 nitrogen and oxygen atoms in total. The molecule has 1 atom stereocenters. The summed E-state index contributed by atoms with van der Waals surface area (Å²) >= 11 is 8.51. The third-order valence-electron chi connectivity index (χ3n) is 5.63. The molecule has 36 heavy (non-hydrogen) atoms. The molecule has 0 radical (unpaired) electrons. The SMILES string of the molecule is CC(C)CNC(=O)[C@H](Cc1ccccc1)N(Cc1ccc(Br)cc1)C(=O)CSCc1ccc(Br)cc1. The molecular weight excluding hydrogens is 600 g/mol. The van der Waals surface area contributed by atoms with E-state index < -0.39 is 6.04 Å². The van der Waals surface area contributed by atoms with Crippen LogP contribution in [0.25, 0.3) is 0 Å². The fraction of sp³-hybridized carbons (Fsp3) is 0.310. The van der Waals surface area contributed by atoms with E-state index >= 15 is 0 Å². The van der Waals surface area contributed by atoms with Crippen LogP contribution in [0, 0.1) is 5.92 Å². The van der Waals surface area contributed by atoms with Gasteiger partial charge in [0.15, 0.2) is 0 Å². The van der Waals surface area contributed by atoms with E-state index in [0.29, 0.717) is 31.2 Å². The Labute approximate surface area is 235 Å². The van der Waals surface area contributed by atoms with Gasteiger partial charge in [-0.3, -0.25) is 9.59 Å². The first-order chi connectivity index (χ1) is 17.3. The van der Waals surface area contributed by atoms with Crippen molar-refractivity contribution in [2.45, 2.75) is 38.6 Å². The Kier molecular flexibility index (Phi) is 11.5. The average Bonchev–Trinajstić information content (AvgIpc) is 2.87. The Bertz CT molecular complexity index is 1110. The number of nitrogens with zero attached hydrogens (tertiary/aromatic N) is 1. The number of hydrogen-bond acceptors (Lipinski definition) is 3. The first kappa shape index (κ1) is 28.5. The summed E-state index contributed by atoms with van der Waals surface area (Å²) in [5, 5.41) is 3.07. The molecule has 0 saturated heterocycles. The summed E-state index contributed by atoms with van der Waals surface area (Å²) in [5.74, 6) is 1.20. The third-order valence-corrected chi connectivity index (χ3v) is 7.68. The van der Waals surface area contributed by atoms with Gasteiger partial charge in [-0.2, -0.15) is 0 Å². The Morgan fingerprint density at radius 1 is 0.833 bits per heavy atom. The fourth-order valence-electron chi connectivity index (χ4n) is 3.68. The van der Waals surface area contributed by atoms with Gasteiger partial charge in [-0.1, -0.05) is 100 Å². The molecule has 7 heteroatoms. The molecule has 0 aromatic heterocycles. The number of benzene rings is 3. The van der Waals surface area contributed by atoms with Crippen molar-refractivity contribution in [2.75, 3.05) is 12.3 Å². The first-order valence-electron chi connectivity index (χ1n) is 12.0. The van der Waals surface area contributed by atoms with Crippen molar-refractivity contribution in [3.05, 3.63) is 104 Å². The minimum absolute atomic E-state index is 0.0411. The highest BCUT2D eigenvalue weighted by molar-refractivity contribution is 9.10. The number of amides is 2. The molecule has 0 fully saturated rings. The quantitative estimate of drug-likeness (QED) is 0.238. The number of hydrogen-bond donors (Lipinski definition) is 1. The van der Waals surface area contributed by atoms with Crippen molar-refractivity contribution >= 4 is 55.4 Å². The van der Waals surface area contributed by atoms with E-state index in [-0.39, 0.29) is 11.8 Å². The molecule has 0 aliphatic heterocycles. The van der Waals surface area contributed by atoms with Gasteiger partial charge >= 0.3 is 0 Å². The van der Waals surface area contributed by atoms with Crippen LogP contribution in [0.2, 0.25) is 0 Å². The van der Waals surface area contributed by atoms with E-state index in [1.54, 1.807) is 16.7 Å². The summed E-state index contributed by atoms with van der Waals surface area (Å²) in [5.41, 5.74) is 3.17. The van der Waals surface area contributed by atoms with Crippen molar-refractivity contribution in [3.63, 3.8) is 0 Å². The number of nitrogens with one attached hydrogen (secondary N) is 1. The maximum Gasteiger partial charge on any atom is 0.243 e. The Balaban J connectivity index is 1.82. The highest BCUT2D eigenvalue weighted by atomic mass is 79.9. The summed E-state index contributed by atoms with van der Waals surface area (Å²) in [6.07, 6.45) is 0.463. The molecule has 3 aromatic rings. The Hall–Kier alpha value is -2.09. The standard InChI is InChI=1S/C29H32Br2N2O2S/c1-21(2)17-32-29(35)27(16-22-6-4-3-5-7-22)33(18-23-8-12-25(30)13-9-23)28(34)20-36-19-24-10-14-26(31)15-11-24/h3-15,21,27H,16-20H2,1-2H3,(H,32,35)/t27-/m0/s1. The van der Waals surface area contributed by atoms with Crippen LogP contribution in [0.3, 0.4) is 0 Å². The molecule has 3 rings (SSSR count). The molecular formula is C29H32Br2N2O2S. The van der Waals surface area contributed by atoms with Crippen LogP contribution >= 0.6 is 43.6 Å². The van der Waals surface area contributed by atoms with E-state index in [0.717, 1.165) is 31.4 Å². The molecule has 0 heterocycles. The zero-order chi connectivity index (χ0) is 25.9. The summed E-state index contributed by atoms with van der Waals surface area (Å²) in [4.78, 5) is 28.8. The third kappa shape index (κ3) is 9.41. The summed E-state index contributed by atoms with van der Waals surface area (Å²) in [7, 11) is 0. The average molecular weight is 632 g/mol. The van der Waals surface area contributed by atoms with E-state index in [9.17, 15) is 9.59 Å². The van der Waals surface area contributed by atoms with E-state index in [1.165, 1.54) is 0 Å². The molecule has 0 unspecified atom stereocenters. The van der Waals surface area contributed by atoms with Crippen molar-refractivity contribution in [2.24, 2.45) is 5.92 Å². The molecule has 0 aliphatic carbocycles. The summed E-state index contributed by atoms with van der Waals surface area (Å²) < 4.78 is 2.01. The highest BCUT2D eigenvalue weighted by Crippen LogP contribution is 2.20. The molecule has 1 N–H and O–H groups in total. The molecule has 0 bridgehead atoms. The molecule has 0 saturated carbocycles. The number of carbonyl (C=O) groups is 2. The predicted octanol–water partition coefficient (Wildman–Crippen LogP) is 6.86. The largest absolute Gasteiger partial charge is 0.354 e. The zero-order valence-electron chi connectivity index (χ0n) is 20.6. The van der Waals surface area contributed by atoms with Gasteiger partial charge < -0.3 is 10.2 Å². The maximum atomic E-state index is 13.6. The van der Waals surface area contributed by atoms with E-state index in [2.05, 4.69) is 63.2 Å². The smallest absolute Gasteiger partial charge is 0.243 e. The van der Waals surface area contributed by atoms with E-state index in [4.69, 9.17) is 0 Å². The van der Waals surface area contributed by atoms with Gasteiger partial charge in [0, 0.05) is 34.2 Å². The minimum Gasteiger partial charge on any atom is -0.354 e. The Morgan fingerprint density at radius 3 is 2.00 bits per heavy atom. The lowest BCUT2D eigenvalue weighted by Crippen LogP contribution is -2.51. The number of carbonyl (C=O) groups excluding carboxylic acids is 2. The monoisotopic (exact) mass is 630 g/mol. The van der Waals surface area contributed by atoms with Crippen molar-refractivity contribution < 1.29 is 9.59 Å². The van der Waals surface area contributed by atoms with Crippen LogP contribution < -0.4 is 5.32 Å². The first-order valence-corrected chi connectivity index (χ1v) is 14.7. The minimum atomic E-state index is -0.601. The van der Waals surface area contributed by atoms with Crippen LogP contribution in [-0.4, -0.2) is 35.1 Å². The van der Waals surface area contributed by atoms with Gasteiger partial charge in [-0.05, 0) is 46.9 Å². The lowest BCUT2D eigenvalue weighted by molar-refractivity contribution is -0.139. The second-order valence-electron chi connectivity index (χ2n) is 9.11. The van der Waals surface area contributed by atoms with Crippen LogP contribution in [0.1, 0.15) is 30.5 Å². The van der Waals surface area contributed by atoms with Gasteiger partial charge in [0.05, 0.1) is 5.75 Å². The highest BCUT2D eigenvalue weighted by Gasteiger charge is 2.30. The number of halogens is 2. The Morgan fingerprint density at radius 2 is 1.42 bits per heavy atom. The second-order valence-corrected chi connectivity index (χ2v) is 11.9. The maximum absolute atomic E-state index is 13.6. The van der Waals surface area contributed by atoms with Crippen LogP contribution in [-0.2, 0) is 28.3 Å². The van der Waals surface area contributed by atoms with Gasteiger partial charge in [-0.15, -0.1) is 11.8 Å². The molecule has 0 aliphatic rings. The van der Waals surface area contributed by atoms with Crippen LogP contribution in [0.5, 0.6) is 0 Å². The van der Waals surface area contributed by atoms with E-state index in [1.807, 2.05) is 66.7 Å². The number of rotatable bonds is 12. The molecule has 0 spiro atoms.